The molecular weight excluding hydrogens is 324 g/mol. The van der Waals surface area contributed by atoms with Crippen LogP contribution < -0.4 is 10.6 Å². The highest BCUT2D eigenvalue weighted by Gasteiger charge is 2.40. The van der Waals surface area contributed by atoms with Gasteiger partial charge in [-0.3, -0.25) is 14.4 Å². The molecule has 1 unspecified atom stereocenters. The van der Waals surface area contributed by atoms with E-state index in [0.717, 1.165) is 19.3 Å². The topological polar surface area (TPSA) is 109 Å². The molecule has 1 fully saturated rings. The molecule has 2 rings (SSSR count). The molecule has 2 amide bonds. The Hall–Kier alpha value is -2.31. The quantitative estimate of drug-likeness (QED) is 0.698. The molecule has 7 heteroatoms. The molecule has 1 aromatic rings. The molecule has 0 bridgehead atoms. The first-order chi connectivity index (χ1) is 11.9. The lowest BCUT2D eigenvalue weighted by Gasteiger charge is -2.34. The number of nitrogens with one attached hydrogen (secondary N) is 2. The van der Waals surface area contributed by atoms with Gasteiger partial charge in [0.2, 0.25) is 5.91 Å². The minimum absolute atomic E-state index is 0.0843. The maximum absolute atomic E-state index is 12.5. The Balaban J connectivity index is 2.00. The summed E-state index contributed by atoms with van der Waals surface area (Å²) in [5.74, 6) is -1.72. The fraction of sp³-hybridized carbons (Fsp3) is 0.611. The van der Waals surface area contributed by atoms with Gasteiger partial charge in [0, 0.05) is 6.54 Å². The van der Waals surface area contributed by atoms with E-state index in [9.17, 15) is 19.5 Å². The Morgan fingerprint density at radius 3 is 2.44 bits per heavy atom. The van der Waals surface area contributed by atoms with Crippen LogP contribution in [0, 0.1) is 11.3 Å². The zero-order chi connectivity index (χ0) is 18.4. The van der Waals surface area contributed by atoms with Crippen LogP contribution in [0.25, 0.3) is 0 Å². The zero-order valence-corrected chi connectivity index (χ0v) is 14.7. The number of carboxylic acid groups (broad SMARTS) is 1. The van der Waals surface area contributed by atoms with Gasteiger partial charge in [0.05, 0.1) is 11.7 Å². The van der Waals surface area contributed by atoms with Crippen LogP contribution in [-0.4, -0.2) is 35.5 Å². The fourth-order valence-corrected chi connectivity index (χ4v) is 3.22. The lowest BCUT2D eigenvalue weighted by Crippen LogP contribution is -2.53. The smallest absolute Gasteiger partial charge is 0.311 e. The van der Waals surface area contributed by atoms with E-state index in [1.165, 1.54) is 12.3 Å². The molecule has 0 aliphatic heterocycles. The van der Waals surface area contributed by atoms with Crippen LogP contribution in [0.3, 0.4) is 0 Å². The molecule has 138 valence electrons. The van der Waals surface area contributed by atoms with Gasteiger partial charge in [-0.05, 0) is 30.9 Å². The second kappa shape index (κ2) is 8.18. The Morgan fingerprint density at radius 1 is 1.24 bits per heavy atom. The maximum atomic E-state index is 12.5. The monoisotopic (exact) mass is 350 g/mol. The summed E-state index contributed by atoms with van der Waals surface area (Å²) >= 11 is 0. The van der Waals surface area contributed by atoms with Crippen molar-refractivity contribution in [3.8, 4) is 0 Å². The van der Waals surface area contributed by atoms with Crippen LogP contribution in [-0.2, 0) is 9.59 Å². The van der Waals surface area contributed by atoms with Crippen molar-refractivity contribution in [2.45, 2.75) is 52.0 Å². The summed E-state index contributed by atoms with van der Waals surface area (Å²) in [6.45, 7) is 3.72. The average Bonchev–Trinajstić information content (AvgIpc) is 3.12. The van der Waals surface area contributed by atoms with Crippen LogP contribution in [0.2, 0.25) is 0 Å². The van der Waals surface area contributed by atoms with Gasteiger partial charge >= 0.3 is 5.97 Å². The van der Waals surface area contributed by atoms with Gasteiger partial charge in [0.1, 0.15) is 6.04 Å². The van der Waals surface area contributed by atoms with E-state index in [1.807, 2.05) is 13.8 Å². The summed E-state index contributed by atoms with van der Waals surface area (Å²) in [5, 5.41) is 15.0. The third-order valence-corrected chi connectivity index (χ3v) is 4.85. The first-order valence-corrected chi connectivity index (χ1v) is 8.71. The summed E-state index contributed by atoms with van der Waals surface area (Å²) in [7, 11) is 0. The summed E-state index contributed by atoms with van der Waals surface area (Å²) in [4.78, 5) is 36.4. The highest BCUT2D eigenvalue weighted by atomic mass is 16.4. The second-order valence-electron chi connectivity index (χ2n) is 7.04. The largest absolute Gasteiger partial charge is 0.481 e. The van der Waals surface area contributed by atoms with Gasteiger partial charge in [-0.1, -0.05) is 33.1 Å². The predicted octanol–water partition coefficient (Wildman–Crippen LogP) is 2.19. The third kappa shape index (κ3) is 4.61. The number of carboxylic acids is 1. The SMILES string of the molecule is CC(C)C(NC(=O)c1ccco1)C(=O)NCC1(C(=O)O)CCCCC1. The van der Waals surface area contributed by atoms with Crippen LogP contribution >= 0.6 is 0 Å². The summed E-state index contributed by atoms with van der Waals surface area (Å²) in [6, 6.07) is 2.36. The maximum Gasteiger partial charge on any atom is 0.311 e. The van der Waals surface area contributed by atoms with E-state index in [-0.39, 0.29) is 24.1 Å². The molecule has 0 aromatic carbocycles. The van der Waals surface area contributed by atoms with Crippen molar-refractivity contribution in [2.75, 3.05) is 6.54 Å². The molecule has 1 heterocycles. The standard InChI is InChI=1S/C18H26N2O5/c1-12(2)14(20-15(21)13-7-6-10-25-13)16(22)19-11-18(17(23)24)8-4-3-5-9-18/h6-7,10,12,14H,3-5,8-9,11H2,1-2H3,(H,19,22)(H,20,21)(H,23,24). The molecule has 1 saturated carbocycles. The molecule has 0 saturated heterocycles. The van der Waals surface area contributed by atoms with Crippen LogP contribution in [0.1, 0.15) is 56.5 Å². The van der Waals surface area contributed by atoms with Gasteiger partial charge in [0.25, 0.3) is 5.91 Å². The van der Waals surface area contributed by atoms with E-state index in [4.69, 9.17) is 4.42 Å². The highest BCUT2D eigenvalue weighted by molar-refractivity contribution is 5.95. The molecule has 1 atom stereocenters. The van der Waals surface area contributed by atoms with Crippen LogP contribution in [0.15, 0.2) is 22.8 Å². The lowest BCUT2D eigenvalue weighted by molar-refractivity contribution is -0.151. The molecule has 1 aliphatic rings. The molecular formula is C18H26N2O5. The normalized spacial score (nSPS) is 17.7. The number of hydrogen-bond acceptors (Lipinski definition) is 4. The minimum Gasteiger partial charge on any atom is -0.481 e. The first-order valence-electron chi connectivity index (χ1n) is 8.71. The summed E-state index contributed by atoms with van der Waals surface area (Å²) in [5.41, 5.74) is -0.902. The van der Waals surface area contributed by atoms with Crippen molar-refractivity contribution in [3.05, 3.63) is 24.2 Å². The Bertz CT molecular complexity index is 603. The first kappa shape index (κ1) is 19.0. The molecule has 3 N–H and O–H groups in total. The van der Waals surface area contributed by atoms with Gasteiger partial charge < -0.3 is 20.2 Å². The van der Waals surface area contributed by atoms with Crippen LogP contribution in [0.4, 0.5) is 0 Å². The summed E-state index contributed by atoms with van der Waals surface area (Å²) in [6.07, 6.45) is 5.24. The minimum atomic E-state index is -0.902. The van der Waals surface area contributed by atoms with Gasteiger partial charge in [0.15, 0.2) is 5.76 Å². The summed E-state index contributed by atoms with van der Waals surface area (Å²) < 4.78 is 5.04. The Kier molecular flexibility index (Phi) is 6.22. The van der Waals surface area contributed by atoms with E-state index in [1.54, 1.807) is 6.07 Å². The van der Waals surface area contributed by atoms with Crippen molar-refractivity contribution in [3.63, 3.8) is 0 Å². The average molecular weight is 350 g/mol. The van der Waals surface area contributed by atoms with Crippen molar-refractivity contribution in [1.29, 1.82) is 0 Å². The van der Waals surface area contributed by atoms with Crippen molar-refractivity contribution >= 4 is 17.8 Å². The number of hydrogen-bond donors (Lipinski definition) is 3. The van der Waals surface area contributed by atoms with Crippen molar-refractivity contribution in [1.82, 2.24) is 10.6 Å². The van der Waals surface area contributed by atoms with E-state index in [0.29, 0.717) is 12.8 Å². The predicted molar refractivity (Wildman–Crippen MR) is 91.0 cm³/mol. The molecule has 0 spiro atoms. The van der Waals surface area contributed by atoms with E-state index >= 15 is 0 Å². The Morgan fingerprint density at radius 2 is 1.92 bits per heavy atom. The molecule has 1 aliphatic carbocycles. The highest BCUT2D eigenvalue weighted by Crippen LogP contribution is 2.36. The van der Waals surface area contributed by atoms with Gasteiger partial charge in [-0.25, -0.2) is 0 Å². The van der Waals surface area contributed by atoms with E-state index in [2.05, 4.69) is 10.6 Å². The molecule has 0 radical (unpaired) electrons. The van der Waals surface area contributed by atoms with E-state index < -0.39 is 23.3 Å². The number of carbonyl (C=O) groups is 3. The van der Waals surface area contributed by atoms with Crippen molar-refractivity contribution < 1.29 is 23.9 Å². The number of aliphatic carboxylic acids is 1. The van der Waals surface area contributed by atoms with Crippen molar-refractivity contribution in [2.24, 2.45) is 11.3 Å². The lowest BCUT2D eigenvalue weighted by atomic mass is 9.74. The Labute approximate surface area is 147 Å². The fourth-order valence-electron chi connectivity index (χ4n) is 3.22. The molecule has 7 nitrogen and oxygen atoms in total. The van der Waals surface area contributed by atoms with Gasteiger partial charge in [-0.15, -0.1) is 0 Å². The second-order valence-corrected chi connectivity index (χ2v) is 7.04. The van der Waals surface area contributed by atoms with Gasteiger partial charge in [-0.2, -0.15) is 0 Å². The number of amides is 2. The number of furan rings is 1. The number of carbonyl (C=O) groups excluding carboxylic acids is 2. The van der Waals surface area contributed by atoms with Crippen LogP contribution in [0.5, 0.6) is 0 Å². The number of rotatable bonds is 7. The molecule has 1 aromatic heterocycles. The third-order valence-electron chi connectivity index (χ3n) is 4.85. The molecule has 25 heavy (non-hydrogen) atoms. The zero-order valence-electron chi connectivity index (χ0n) is 14.7.